The van der Waals surface area contributed by atoms with Gasteiger partial charge in [0.1, 0.15) is 23.1 Å². The molecule has 1 aliphatic rings. The molecule has 4 rings (SSSR count). The van der Waals surface area contributed by atoms with E-state index in [4.69, 9.17) is 9.47 Å². The van der Waals surface area contributed by atoms with E-state index in [9.17, 15) is 19.1 Å². The number of anilines is 1. The van der Waals surface area contributed by atoms with Gasteiger partial charge in [0.05, 0.1) is 30.9 Å². The molecule has 6 nitrogen and oxygen atoms in total. The summed E-state index contributed by atoms with van der Waals surface area (Å²) in [5, 5.41) is 11.3. The largest absolute Gasteiger partial charge is 0.507 e. The van der Waals surface area contributed by atoms with E-state index in [2.05, 4.69) is 13.8 Å². The number of carbonyl (C=O) groups is 2. The van der Waals surface area contributed by atoms with E-state index in [1.807, 2.05) is 31.2 Å². The summed E-state index contributed by atoms with van der Waals surface area (Å²) < 4.78 is 24.9. The molecule has 0 bridgehead atoms. The molecular formula is C29H28FNO5. The second kappa shape index (κ2) is 10.2. The predicted octanol–water partition coefficient (Wildman–Crippen LogP) is 5.98. The first kappa shape index (κ1) is 25.0. The first-order valence-corrected chi connectivity index (χ1v) is 11.7. The number of methoxy groups -OCH3 is 1. The third-order valence-electron chi connectivity index (χ3n) is 6.21. The summed E-state index contributed by atoms with van der Waals surface area (Å²) in [5.74, 6) is -1.70. The minimum Gasteiger partial charge on any atom is -0.507 e. The maximum atomic E-state index is 14.1. The van der Waals surface area contributed by atoms with Gasteiger partial charge in [-0.05, 0) is 66.4 Å². The number of ketones is 1. The van der Waals surface area contributed by atoms with Crippen molar-refractivity contribution in [3.8, 4) is 11.5 Å². The highest BCUT2D eigenvalue weighted by atomic mass is 19.1. The Labute approximate surface area is 209 Å². The SMILES string of the molecule is CCOc1ccc(N2C(=O)C(=O)/C(=C(/O)c3cc(F)ccc3OC)C2c2ccc(C(C)C)cc2)cc1. The van der Waals surface area contributed by atoms with Gasteiger partial charge >= 0.3 is 0 Å². The molecule has 186 valence electrons. The van der Waals surface area contributed by atoms with Gasteiger partial charge in [0.15, 0.2) is 0 Å². The number of ether oxygens (including phenoxy) is 2. The van der Waals surface area contributed by atoms with Crippen LogP contribution in [0.3, 0.4) is 0 Å². The summed E-state index contributed by atoms with van der Waals surface area (Å²) in [7, 11) is 1.38. The fourth-order valence-corrected chi connectivity index (χ4v) is 4.36. The van der Waals surface area contributed by atoms with Crippen molar-refractivity contribution in [1.82, 2.24) is 0 Å². The van der Waals surface area contributed by atoms with Crippen LogP contribution < -0.4 is 14.4 Å². The monoisotopic (exact) mass is 489 g/mol. The van der Waals surface area contributed by atoms with Crippen molar-refractivity contribution in [3.63, 3.8) is 0 Å². The van der Waals surface area contributed by atoms with Crippen molar-refractivity contribution in [2.75, 3.05) is 18.6 Å². The molecule has 36 heavy (non-hydrogen) atoms. The Morgan fingerprint density at radius 2 is 1.69 bits per heavy atom. The zero-order valence-corrected chi connectivity index (χ0v) is 20.6. The van der Waals surface area contributed by atoms with Crippen LogP contribution >= 0.6 is 0 Å². The lowest BCUT2D eigenvalue weighted by atomic mass is 9.93. The molecule has 1 atom stereocenters. The highest BCUT2D eigenvalue weighted by molar-refractivity contribution is 6.51. The lowest BCUT2D eigenvalue weighted by Crippen LogP contribution is -2.29. The van der Waals surface area contributed by atoms with Gasteiger partial charge in [-0.1, -0.05) is 38.1 Å². The van der Waals surface area contributed by atoms with Crippen molar-refractivity contribution in [2.24, 2.45) is 0 Å². The van der Waals surface area contributed by atoms with Crippen LogP contribution in [0.5, 0.6) is 11.5 Å². The number of rotatable bonds is 7. The summed E-state index contributed by atoms with van der Waals surface area (Å²) in [4.78, 5) is 28.0. The Kier molecular flexibility index (Phi) is 7.10. The van der Waals surface area contributed by atoms with Gasteiger partial charge in [-0.15, -0.1) is 0 Å². The molecule has 1 heterocycles. The molecule has 0 spiro atoms. The number of nitrogens with zero attached hydrogens (tertiary/aromatic N) is 1. The second-order valence-electron chi connectivity index (χ2n) is 8.76. The normalized spacial score (nSPS) is 17.1. The zero-order valence-electron chi connectivity index (χ0n) is 20.6. The van der Waals surface area contributed by atoms with Gasteiger partial charge in [-0.25, -0.2) is 4.39 Å². The number of hydrogen-bond donors (Lipinski definition) is 1. The smallest absolute Gasteiger partial charge is 0.300 e. The molecule has 3 aromatic rings. The Bertz CT molecular complexity index is 1310. The lowest BCUT2D eigenvalue weighted by Gasteiger charge is -2.26. The number of Topliss-reactive ketones (excluding diaryl/α,β-unsaturated/α-hetero) is 1. The average Bonchev–Trinajstić information content (AvgIpc) is 3.14. The number of aliphatic hydroxyl groups is 1. The standard InChI is InChI=1S/C29H28FNO5/c1-5-36-22-13-11-21(12-14-22)31-26(19-8-6-18(7-9-19)17(2)3)25(28(33)29(31)34)27(32)23-16-20(30)10-15-24(23)35-4/h6-17,26,32H,5H2,1-4H3/b27-25+. The van der Waals surface area contributed by atoms with Crippen LogP contribution in [0.1, 0.15) is 49.4 Å². The third-order valence-corrected chi connectivity index (χ3v) is 6.21. The molecule has 0 aliphatic carbocycles. The number of carbonyl (C=O) groups excluding carboxylic acids is 2. The number of amides is 1. The molecule has 1 aliphatic heterocycles. The average molecular weight is 490 g/mol. The Hall–Kier alpha value is -4.13. The van der Waals surface area contributed by atoms with Crippen LogP contribution in [0.25, 0.3) is 5.76 Å². The Morgan fingerprint density at radius 1 is 1.03 bits per heavy atom. The first-order valence-electron chi connectivity index (χ1n) is 11.7. The molecule has 1 fully saturated rings. The maximum Gasteiger partial charge on any atom is 0.300 e. The molecule has 0 saturated carbocycles. The molecule has 1 unspecified atom stereocenters. The number of aliphatic hydroxyl groups excluding tert-OH is 1. The zero-order chi connectivity index (χ0) is 26.0. The predicted molar refractivity (Wildman–Crippen MR) is 136 cm³/mol. The third kappa shape index (κ3) is 4.56. The molecular weight excluding hydrogens is 461 g/mol. The highest BCUT2D eigenvalue weighted by Gasteiger charge is 2.47. The fraction of sp³-hybridized carbons (Fsp3) is 0.241. The van der Waals surface area contributed by atoms with E-state index in [1.54, 1.807) is 24.3 Å². The summed E-state index contributed by atoms with van der Waals surface area (Å²) in [5.41, 5.74) is 2.03. The van der Waals surface area contributed by atoms with Gasteiger partial charge in [-0.2, -0.15) is 0 Å². The number of hydrogen-bond acceptors (Lipinski definition) is 5. The number of halogens is 1. The van der Waals surface area contributed by atoms with Crippen LogP contribution in [0, 0.1) is 5.82 Å². The van der Waals surface area contributed by atoms with Crippen molar-refractivity contribution in [2.45, 2.75) is 32.7 Å². The minimum atomic E-state index is -0.933. The molecule has 1 saturated heterocycles. The molecule has 1 N–H and O–H groups in total. The van der Waals surface area contributed by atoms with E-state index in [-0.39, 0.29) is 22.8 Å². The summed E-state index contributed by atoms with van der Waals surface area (Å²) in [6.45, 7) is 6.49. The highest BCUT2D eigenvalue weighted by Crippen LogP contribution is 2.43. The topological polar surface area (TPSA) is 76.1 Å². The van der Waals surface area contributed by atoms with Crippen LogP contribution in [0.2, 0.25) is 0 Å². The van der Waals surface area contributed by atoms with Crippen LogP contribution in [0.15, 0.2) is 72.3 Å². The summed E-state index contributed by atoms with van der Waals surface area (Å²) in [6, 6.07) is 17.0. The number of benzene rings is 3. The molecule has 0 radical (unpaired) electrons. The van der Waals surface area contributed by atoms with Gasteiger partial charge in [0.2, 0.25) is 0 Å². The van der Waals surface area contributed by atoms with Crippen LogP contribution in [-0.2, 0) is 9.59 Å². The van der Waals surface area contributed by atoms with Crippen molar-refractivity contribution < 1.29 is 28.6 Å². The Balaban J connectivity index is 1.92. The lowest BCUT2D eigenvalue weighted by molar-refractivity contribution is -0.132. The summed E-state index contributed by atoms with van der Waals surface area (Å²) >= 11 is 0. The van der Waals surface area contributed by atoms with Crippen molar-refractivity contribution in [1.29, 1.82) is 0 Å². The molecule has 1 amide bonds. The minimum absolute atomic E-state index is 0.00834. The van der Waals surface area contributed by atoms with Gasteiger partial charge in [0, 0.05) is 5.69 Å². The van der Waals surface area contributed by atoms with Gasteiger partial charge in [-0.3, -0.25) is 14.5 Å². The molecule has 7 heteroatoms. The molecule has 3 aromatic carbocycles. The van der Waals surface area contributed by atoms with E-state index >= 15 is 0 Å². The van der Waals surface area contributed by atoms with Crippen molar-refractivity contribution >= 4 is 23.1 Å². The van der Waals surface area contributed by atoms with E-state index < -0.39 is 29.3 Å². The molecule has 0 aromatic heterocycles. The fourth-order valence-electron chi connectivity index (χ4n) is 4.36. The second-order valence-corrected chi connectivity index (χ2v) is 8.76. The maximum absolute atomic E-state index is 14.1. The Morgan fingerprint density at radius 3 is 2.28 bits per heavy atom. The van der Waals surface area contributed by atoms with E-state index in [0.29, 0.717) is 23.6 Å². The van der Waals surface area contributed by atoms with Crippen LogP contribution in [0.4, 0.5) is 10.1 Å². The quantitative estimate of drug-likeness (QED) is 0.251. The van der Waals surface area contributed by atoms with Gasteiger partial charge in [0.25, 0.3) is 11.7 Å². The van der Waals surface area contributed by atoms with Crippen molar-refractivity contribution in [3.05, 3.63) is 94.8 Å². The van der Waals surface area contributed by atoms with E-state index in [0.717, 1.165) is 11.6 Å². The van der Waals surface area contributed by atoms with Gasteiger partial charge < -0.3 is 14.6 Å². The summed E-state index contributed by atoms with van der Waals surface area (Å²) in [6.07, 6.45) is 0. The first-order chi connectivity index (χ1) is 17.3. The van der Waals surface area contributed by atoms with Crippen LogP contribution in [-0.4, -0.2) is 30.5 Å². The van der Waals surface area contributed by atoms with E-state index in [1.165, 1.54) is 24.1 Å².